The van der Waals surface area contributed by atoms with Crippen molar-refractivity contribution in [1.82, 2.24) is 20.0 Å². The van der Waals surface area contributed by atoms with E-state index in [0.29, 0.717) is 0 Å². The summed E-state index contributed by atoms with van der Waals surface area (Å²) in [6, 6.07) is -0.990. The van der Waals surface area contributed by atoms with Crippen molar-refractivity contribution in [2.45, 2.75) is 0 Å². The average Bonchev–Trinajstić information content (AvgIpc) is 2.38. The zero-order valence-electron chi connectivity index (χ0n) is 10.1. The number of carbonyl (C=O) groups is 2. The monoisotopic (exact) mass is 306 g/mol. The van der Waals surface area contributed by atoms with E-state index in [4.69, 9.17) is 0 Å². The minimum Gasteiger partial charge on any atom is -0.310 e. The molecule has 0 aromatic rings. The van der Waals surface area contributed by atoms with E-state index in [0.717, 1.165) is 0 Å². The Labute approximate surface area is 112 Å². The molecule has 0 spiro atoms. The van der Waals surface area contributed by atoms with Crippen molar-refractivity contribution < 1.29 is 19.2 Å². The Hall–Kier alpha value is -1.84. The number of rotatable bonds is 6. The number of urea groups is 2. The molecule has 0 saturated heterocycles. The van der Waals surface area contributed by atoms with Crippen LogP contribution in [0.3, 0.4) is 0 Å². The van der Waals surface area contributed by atoms with E-state index in [9.17, 15) is 19.2 Å². The molecule has 19 heavy (non-hydrogen) atoms. The molecule has 12 heteroatoms. The first kappa shape index (κ1) is 17.2. The van der Waals surface area contributed by atoms with Crippen molar-refractivity contribution in [3.05, 3.63) is 0 Å². The van der Waals surface area contributed by atoms with Crippen molar-refractivity contribution in [3.63, 3.8) is 0 Å². The Bertz CT molecular complexity index is 382. The summed E-state index contributed by atoms with van der Waals surface area (Å²) in [5.41, 5.74) is 0. The van der Waals surface area contributed by atoms with Crippen LogP contribution in [0.2, 0.25) is 0 Å². The van der Waals surface area contributed by atoms with Crippen LogP contribution in [0.25, 0.3) is 0 Å². The molecule has 0 aliphatic heterocycles. The quantitative estimate of drug-likeness (QED) is 0.308. The molecule has 0 rings (SSSR count). The van der Waals surface area contributed by atoms with E-state index in [1.54, 1.807) is 0 Å². The second kappa shape index (κ2) is 10.1. The second-order valence-electron chi connectivity index (χ2n) is 3.03. The van der Waals surface area contributed by atoms with E-state index in [1.807, 2.05) is 0 Å². The molecule has 2 unspecified atom stereocenters. The Morgan fingerprint density at radius 2 is 1.37 bits per heavy atom. The van der Waals surface area contributed by atoms with Crippen molar-refractivity contribution in [2.75, 3.05) is 20.8 Å². The third-order valence-corrected chi connectivity index (χ3v) is 2.70. The van der Waals surface area contributed by atoms with Gasteiger partial charge in [0.25, 0.3) is 0 Å². The number of nitrogens with one attached hydrogen (secondary N) is 2. The van der Waals surface area contributed by atoms with Crippen LogP contribution in [0.4, 0.5) is 9.59 Å². The Kier molecular flexibility index (Phi) is 9.14. The zero-order valence-corrected chi connectivity index (χ0v) is 12.1. The van der Waals surface area contributed by atoms with Gasteiger partial charge >= 0.3 is 12.1 Å². The maximum atomic E-state index is 11.4. The maximum Gasteiger partial charge on any atom is 0.322 e. The Morgan fingerprint density at radius 3 is 1.68 bits per heavy atom. The van der Waals surface area contributed by atoms with Gasteiger partial charge in [-0.25, -0.2) is 19.2 Å². The first-order chi connectivity index (χ1) is 9.02. The summed E-state index contributed by atoms with van der Waals surface area (Å²) in [4.78, 5) is 44.9. The van der Waals surface area contributed by atoms with Crippen LogP contribution >= 0.6 is 17.8 Å². The van der Waals surface area contributed by atoms with E-state index in [1.165, 1.54) is 36.1 Å². The molecule has 10 nitrogen and oxygen atoms in total. The summed E-state index contributed by atoms with van der Waals surface area (Å²) < 4.78 is 6.36. The van der Waals surface area contributed by atoms with Crippen LogP contribution in [-0.4, -0.2) is 54.8 Å². The highest BCUT2D eigenvalue weighted by Crippen LogP contribution is 2.05. The molecule has 0 fully saturated rings. The summed E-state index contributed by atoms with van der Waals surface area (Å²) >= 11 is 0. The summed E-state index contributed by atoms with van der Waals surface area (Å²) in [6.45, 7) is 0.00222. The fraction of sp³-hybridized carbons (Fsp3) is 0.429. The minimum absolute atomic E-state index is 0.00222. The lowest BCUT2D eigenvalue weighted by Gasteiger charge is -2.24. The van der Waals surface area contributed by atoms with Crippen LogP contribution in [0.1, 0.15) is 0 Å². The van der Waals surface area contributed by atoms with Gasteiger partial charge in [0.15, 0.2) is 0 Å². The number of carbonyl (C=O) groups excluding carboxylic acids is 4. The Balaban J connectivity index is 4.11. The molecule has 0 aromatic carbocycles. The first-order valence-corrected chi connectivity index (χ1v) is 6.58. The number of hydrogen-bond donors (Lipinski definition) is 2. The third-order valence-electron chi connectivity index (χ3n) is 1.65. The average molecular weight is 306 g/mol. The highest BCUT2D eigenvalue weighted by Gasteiger charge is 2.13. The molecule has 0 radical (unpaired) electrons. The van der Waals surface area contributed by atoms with Gasteiger partial charge in [-0.15, -0.1) is 0 Å². The number of amides is 4. The zero-order chi connectivity index (χ0) is 14.7. The standard InChI is InChI=1S/C7H12N6O4P2/c1-12(6(16)10-18-8-3-14)5-13(2)7(17)11-19-9-4-15/h18-19H,5H2,1-2H3,(H,10,16)(H,11,17). The number of hydrogen-bond acceptors (Lipinski definition) is 6. The fourth-order valence-electron chi connectivity index (χ4n) is 0.835. The molecule has 104 valence electrons. The summed E-state index contributed by atoms with van der Waals surface area (Å²) in [6.07, 6.45) is 2.58. The van der Waals surface area contributed by atoms with Gasteiger partial charge in [0.2, 0.25) is 12.2 Å². The van der Waals surface area contributed by atoms with Crippen LogP contribution in [-0.2, 0) is 9.59 Å². The molecule has 0 aliphatic rings. The molecule has 0 saturated carbocycles. The van der Waals surface area contributed by atoms with E-state index in [-0.39, 0.29) is 6.67 Å². The fourth-order valence-corrected chi connectivity index (χ4v) is 1.61. The van der Waals surface area contributed by atoms with Crippen LogP contribution in [0.15, 0.2) is 9.53 Å². The molecular weight excluding hydrogens is 294 g/mol. The lowest BCUT2D eigenvalue weighted by molar-refractivity contribution is 0.174. The highest BCUT2D eigenvalue weighted by molar-refractivity contribution is 7.35. The predicted molar refractivity (Wildman–Crippen MR) is 70.3 cm³/mol. The van der Waals surface area contributed by atoms with Crippen molar-refractivity contribution in [1.29, 1.82) is 0 Å². The van der Waals surface area contributed by atoms with Gasteiger partial charge in [0, 0.05) is 14.1 Å². The van der Waals surface area contributed by atoms with Crippen LogP contribution in [0.5, 0.6) is 0 Å². The minimum atomic E-state index is -0.495. The molecule has 2 atom stereocenters. The van der Waals surface area contributed by atoms with Crippen LogP contribution < -0.4 is 10.2 Å². The SMILES string of the molecule is CN(CN(C)C(=O)NPN=C=O)C(=O)NPN=C=O. The largest absolute Gasteiger partial charge is 0.322 e. The summed E-state index contributed by atoms with van der Waals surface area (Å²) in [5, 5.41) is 4.68. The van der Waals surface area contributed by atoms with Gasteiger partial charge in [0.1, 0.15) is 17.8 Å². The summed E-state index contributed by atoms with van der Waals surface area (Å²) in [7, 11) is 2.08. The predicted octanol–water partition coefficient (Wildman–Crippen LogP) is -0.0847. The van der Waals surface area contributed by atoms with E-state index >= 15 is 0 Å². The third kappa shape index (κ3) is 7.97. The normalized spacial score (nSPS) is 9.79. The molecule has 0 aliphatic carbocycles. The van der Waals surface area contributed by atoms with Gasteiger partial charge < -0.3 is 9.80 Å². The van der Waals surface area contributed by atoms with Gasteiger partial charge in [-0.2, -0.15) is 9.53 Å². The van der Waals surface area contributed by atoms with Crippen molar-refractivity contribution in [2.24, 2.45) is 9.53 Å². The van der Waals surface area contributed by atoms with E-state index < -0.39 is 29.8 Å². The molecule has 0 aromatic heterocycles. The Morgan fingerprint density at radius 1 is 1.00 bits per heavy atom. The highest BCUT2D eigenvalue weighted by atomic mass is 31.1. The summed E-state index contributed by atoms with van der Waals surface area (Å²) in [5.74, 6) is 0. The lowest BCUT2D eigenvalue weighted by atomic mass is 10.7. The molecular formula is C7H12N6O4P2. The van der Waals surface area contributed by atoms with E-state index in [2.05, 4.69) is 19.7 Å². The number of nitrogens with zero attached hydrogens (tertiary/aromatic N) is 4. The van der Waals surface area contributed by atoms with Gasteiger partial charge in [-0.3, -0.25) is 10.2 Å². The topological polar surface area (TPSA) is 124 Å². The molecule has 0 bridgehead atoms. The van der Waals surface area contributed by atoms with Crippen molar-refractivity contribution >= 4 is 42.0 Å². The van der Waals surface area contributed by atoms with Gasteiger partial charge in [-0.1, -0.05) is 0 Å². The second-order valence-corrected chi connectivity index (χ2v) is 4.42. The van der Waals surface area contributed by atoms with Crippen LogP contribution in [0, 0.1) is 0 Å². The van der Waals surface area contributed by atoms with Gasteiger partial charge in [-0.05, 0) is 0 Å². The van der Waals surface area contributed by atoms with Gasteiger partial charge in [0.05, 0.1) is 6.67 Å². The molecule has 2 N–H and O–H groups in total. The number of isocyanates is 2. The first-order valence-electron chi connectivity index (χ1n) is 4.69. The molecule has 4 amide bonds. The van der Waals surface area contributed by atoms with Crippen molar-refractivity contribution in [3.8, 4) is 0 Å². The maximum absolute atomic E-state index is 11.4. The lowest BCUT2D eigenvalue weighted by Crippen LogP contribution is -2.44. The molecule has 0 heterocycles. The smallest absolute Gasteiger partial charge is 0.310 e.